The Bertz CT molecular complexity index is 366. The van der Waals surface area contributed by atoms with Gasteiger partial charge in [0, 0.05) is 12.4 Å². The van der Waals surface area contributed by atoms with E-state index in [1.54, 1.807) is 0 Å². The van der Waals surface area contributed by atoms with E-state index in [1.807, 2.05) is 18.5 Å². The molecular formula is C16H27N3. The van der Waals surface area contributed by atoms with Gasteiger partial charge in [0.1, 0.15) is 5.82 Å². The third-order valence-electron chi connectivity index (χ3n) is 4.59. The van der Waals surface area contributed by atoms with E-state index in [0.717, 1.165) is 30.6 Å². The maximum atomic E-state index is 4.48. The molecule has 0 saturated heterocycles. The quantitative estimate of drug-likeness (QED) is 0.880. The number of rotatable bonds is 5. The zero-order valence-corrected chi connectivity index (χ0v) is 12.5. The van der Waals surface area contributed by atoms with Crippen molar-refractivity contribution in [1.29, 1.82) is 0 Å². The molecule has 3 heteroatoms. The average molecular weight is 261 g/mol. The first-order chi connectivity index (χ1) is 9.22. The molecule has 1 heterocycles. The number of hydrogen-bond acceptors (Lipinski definition) is 3. The van der Waals surface area contributed by atoms with Gasteiger partial charge in [-0.2, -0.15) is 0 Å². The fraction of sp³-hybridized carbons (Fsp3) is 0.750. The molecule has 1 saturated carbocycles. The van der Waals surface area contributed by atoms with Crippen molar-refractivity contribution >= 4 is 0 Å². The molecule has 1 aromatic heterocycles. The predicted molar refractivity (Wildman–Crippen MR) is 78.7 cm³/mol. The van der Waals surface area contributed by atoms with E-state index in [-0.39, 0.29) is 0 Å². The van der Waals surface area contributed by atoms with E-state index in [0.29, 0.717) is 12.0 Å². The number of hydrogen-bond donors (Lipinski definition) is 1. The summed E-state index contributed by atoms with van der Waals surface area (Å²) in [5.41, 5.74) is 0. The van der Waals surface area contributed by atoms with Crippen LogP contribution >= 0.6 is 0 Å². The molecule has 0 amide bonds. The highest BCUT2D eigenvalue weighted by atomic mass is 15.0. The fourth-order valence-electron chi connectivity index (χ4n) is 3.13. The molecule has 0 spiro atoms. The predicted octanol–water partition coefficient (Wildman–Crippen LogP) is 3.59. The summed E-state index contributed by atoms with van der Waals surface area (Å²) in [4.78, 5) is 8.96. The molecule has 106 valence electrons. The van der Waals surface area contributed by atoms with E-state index in [9.17, 15) is 0 Å². The highest BCUT2D eigenvalue weighted by molar-refractivity contribution is 5.00. The minimum absolute atomic E-state index is 0.330. The van der Waals surface area contributed by atoms with Crippen molar-refractivity contribution in [1.82, 2.24) is 15.3 Å². The number of nitrogens with one attached hydrogen (secondary N) is 1. The molecule has 1 aromatic rings. The van der Waals surface area contributed by atoms with E-state index < -0.39 is 0 Å². The zero-order valence-electron chi connectivity index (χ0n) is 12.5. The summed E-state index contributed by atoms with van der Waals surface area (Å²) in [6.45, 7) is 8.03. The van der Waals surface area contributed by atoms with Gasteiger partial charge in [0.15, 0.2) is 0 Å². The normalized spacial score (nSPS) is 29.1. The summed E-state index contributed by atoms with van der Waals surface area (Å²) in [7, 11) is 0. The van der Waals surface area contributed by atoms with Gasteiger partial charge >= 0.3 is 0 Å². The van der Waals surface area contributed by atoms with Crippen LogP contribution < -0.4 is 5.32 Å². The Morgan fingerprint density at radius 1 is 1.21 bits per heavy atom. The van der Waals surface area contributed by atoms with Crippen LogP contribution in [0.2, 0.25) is 0 Å². The minimum atomic E-state index is 0.330. The summed E-state index contributed by atoms with van der Waals surface area (Å²) in [6.07, 6.45) is 8.80. The lowest BCUT2D eigenvalue weighted by Crippen LogP contribution is -2.34. The maximum Gasteiger partial charge on any atom is 0.145 e. The van der Waals surface area contributed by atoms with Crippen molar-refractivity contribution in [2.75, 3.05) is 6.54 Å². The Labute approximate surface area is 117 Å². The topological polar surface area (TPSA) is 37.8 Å². The fourth-order valence-corrected chi connectivity index (χ4v) is 3.13. The zero-order chi connectivity index (χ0) is 13.7. The van der Waals surface area contributed by atoms with Crippen molar-refractivity contribution in [3.8, 4) is 0 Å². The molecule has 0 aliphatic heterocycles. The van der Waals surface area contributed by atoms with Crippen LogP contribution in [-0.4, -0.2) is 16.5 Å². The second kappa shape index (κ2) is 6.99. The van der Waals surface area contributed by atoms with Crippen LogP contribution in [0.4, 0.5) is 0 Å². The Balaban J connectivity index is 2.09. The third-order valence-corrected chi connectivity index (χ3v) is 4.59. The van der Waals surface area contributed by atoms with Gasteiger partial charge in [-0.25, -0.2) is 9.97 Å². The van der Waals surface area contributed by atoms with Crippen LogP contribution in [0.25, 0.3) is 0 Å². The Hall–Kier alpha value is -0.960. The Morgan fingerprint density at radius 3 is 2.58 bits per heavy atom. The summed E-state index contributed by atoms with van der Waals surface area (Å²) in [5, 5.41) is 3.67. The van der Waals surface area contributed by atoms with E-state index in [4.69, 9.17) is 0 Å². The Morgan fingerprint density at radius 2 is 1.95 bits per heavy atom. The monoisotopic (exact) mass is 261 g/mol. The number of aromatic nitrogens is 2. The second-order valence-electron chi connectivity index (χ2n) is 6.07. The van der Waals surface area contributed by atoms with Crippen molar-refractivity contribution in [2.45, 2.75) is 52.5 Å². The summed E-state index contributed by atoms with van der Waals surface area (Å²) in [6, 6.07) is 2.22. The molecule has 19 heavy (non-hydrogen) atoms. The number of nitrogens with zero attached hydrogens (tertiary/aromatic N) is 2. The molecule has 1 aliphatic carbocycles. The van der Waals surface area contributed by atoms with Crippen molar-refractivity contribution in [2.24, 2.45) is 17.8 Å². The SMILES string of the molecule is CCCNC(c1ncccn1)C1CCC(C)C(C)C1. The maximum absolute atomic E-state index is 4.48. The van der Waals surface area contributed by atoms with Gasteiger partial charge in [0.05, 0.1) is 6.04 Å². The Kier molecular flexibility index (Phi) is 5.32. The van der Waals surface area contributed by atoms with E-state index in [1.165, 1.54) is 19.3 Å². The van der Waals surface area contributed by atoms with Gasteiger partial charge in [0.2, 0.25) is 0 Å². The summed E-state index contributed by atoms with van der Waals surface area (Å²) in [5.74, 6) is 3.33. The molecule has 0 bridgehead atoms. The van der Waals surface area contributed by atoms with Crippen LogP contribution in [0.15, 0.2) is 18.5 Å². The molecule has 4 unspecified atom stereocenters. The molecule has 4 atom stereocenters. The molecule has 0 aromatic carbocycles. The van der Waals surface area contributed by atoms with Crippen molar-refractivity contribution < 1.29 is 0 Å². The van der Waals surface area contributed by atoms with Crippen LogP contribution in [0, 0.1) is 17.8 Å². The minimum Gasteiger partial charge on any atom is -0.307 e. The lowest BCUT2D eigenvalue weighted by Gasteiger charge is -2.36. The van der Waals surface area contributed by atoms with Gasteiger partial charge in [-0.3, -0.25) is 0 Å². The molecule has 1 aliphatic rings. The molecule has 2 rings (SSSR count). The summed E-state index contributed by atoms with van der Waals surface area (Å²) >= 11 is 0. The highest BCUT2D eigenvalue weighted by Gasteiger charge is 2.31. The average Bonchev–Trinajstić information content (AvgIpc) is 2.44. The van der Waals surface area contributed by atoms with Gasteiger partial charge in [-0.05, 0) is 49.6 Å². The lowest BCUT2D eigenvalue weighted by molar-refractivity contribution is 0.167. The third kappa shape index (κ3) is 3.75. The van der Waals surface area contributed by atoms with Crippen molar-refractivity contribution in [3.05, 3.63) is 24.3 Å². The standard InChI is InChI=1S/C16H27N3/c1-4-8-17-15(16-18-9-5-10-19-16)14-7-6-12(2)13(3)11-14/h5,9-10,12-15,17H,4,6-8,11H2,1-3H3. The van der Waals surface area contributed by atoms with Gasteiger partial charge in [0.25, 0.3) is 0 Å². The van der Waals surface area contributed by atoms with E-state index in [2.05, 4.69) is 36.1 Å². The largest absolute Gasteiger partial charge is 0.307 e. The van der Waals surface area contributed by atoms with Gasteiger partial charge < -0.3 is 5.32 Å². The first-order valence-electron chi connectivity index (χ1n) is 7.72. The van der Waals surface area contributed by atoms with E-state index >= 15 is 0 Å². The van der Waals surface area contributed by atoms with Crippen LogP contribution in [0.1, 0.15) is 58.3 Å². The molecular weight excluding hydrogens is 234 g/mol. The molecule has 1 fully saturated rings. The summed E-state index contributed by atoms with van der Waals surface area (Å²) < 4.78 is 0. The van der Waals surface area contributed by atoms with Gasteiger partial charge in [-0.1, -0.05) is 27.2 Å². The van der Waals surface area contributed by atoms with Crippen molar-refractivity contribution in [3.63, 3.8) is 0 Å². The highest BCUT2D eigenvalue weighted by Crippen LogP contribution is 2.39. The van der Waals surface area contributed by atoms with Gasteiger partial charge in [-0.15, -0.1) is 0 Å². The van der Waals surface area contributed by atoms with Crippen LogP contribution in [0.3, 0.4) is 0 Å². The van der Waals surface area contributed by atoms with Crippen LogP contribution in [-0.2, 0) is 0 Å². The lowest BCUT2D eigenvalue weighted by atomic mass is 9.73. The first kappa shape index (κ1) is 14.4. The van der Waals surface area contributed by atoms with Crippen LogP contribution in [0.5, 0.6) is 0 Å². The second-order valence-corrected chi connectivity index (χ2v) is 6.07. The first-order valence-corrected chi connectivity index (χ1v) is 7.72. The smallest absolute Gasteiger partial charge is 0.145 e. The molecule has 1 N–H and O–H groups in total. The molecule has 0 radical (unpaired) electrons. The molecule has 3 nitrogen and oxygen atoms in total.